The number of sulfonamides is 1. The van der Waals surface area contributed by atoms with Crippen LogP contribution >= 0.6 is 0 Å². The fourth-order valence-electron chi connectivity index (χ4n) is 3.33. The molecule has 3 rings (SSSR count). The van der Waals surface area contributed by atoms with Gasteiger partial charge >= 0.3 is 0 Å². The lowest BCUT2D eigenvalue weighted by Crippen LogP contribution is -2.33. The van der Waals surface area contributed by atoms with Gasteiger partial charge in [0.1, 0.15) is 0 Å². The summed E-state index contributed by atoms with van der Waals surface area (Å²) in [6.07, 6.45) is 0. The van der Waals surface area contributed by atoms with Crippen molar-refractivity contribution < 1.29 is 13.2 Å². The number of rotatable bonds is 9. The van der Waals surface area contributed by atoms with Gasteiger partial charge in [0.2, 0.25) is 0 Å². The van der Waals surface area contributed by atoms with Crippen molar-refractivity contribution in [2.24, 2.45) is 0 Å². The Bertz CT molecular complexity index is 1180. The molecule has 168 valence electrons. The van der Waals surface area contributed by atoms with Gasteiger partial charge in [0.05, 0.1) is 10.6 Å². The zero-order valence-corrected chi connectivity index (χ0v) is 19.4. The Morgan fingerprint density at radius 3 is 2.31 bits per heavy atom. The Morgan fingerprint density at radius 1 is 0.906 bits per heavy atom. The first-order valence-corrected chi connectivity index (χ1v) is 11.9. The third-order valence-electron chi connectivity index (χ3n) is 5.23. The van der Waals surface area contributed by atoms with Gasteiger partial charge in [-0.05, 0) is 55.8 Å². The zero-order valence-electron chi connectivity index (χ0n) is 18.6. The van der Waals surface area contributed by atoms with Gasteiger partial charge in [0.15, 0.2) is 0 Å². The van der Waals surface area contributed by atoms with Crippen LogP contribution in [0.1, 0.15) is 27.0 Å². The first-order valence-electron chi connectivity index (χ1n) is 10.5. The lowest BCUT2D eigenvalue weighted by Gasteiger charge is -2.17. The van der Waals surface area contributed by atoms with Gasteiger partial charge < -0.3 is 10.2 Å². The van der Waals surface area contributed by atoms with Crippen molar-refractivity contribution in [1.29, 1.82) is 0 Å². The molecular formula is C25H29N3O3S. The SMILES string of the molecule is Cc1ccccc1NS(=O)(=O)c1ccc(C)c(C(=O)NCCN(C)Cc2ccccc2)c1. The fourth-order valence-corrected chi connectivity index (χ4v) is 4.49. The standard InChI is InChI=1S/C25H29N3O3S/c1-19-13-14-22(32(30,31)27-24-12-8-7-9-20(24)2)17-23(19)25(29)26-15-16-28(3)18-21-10-5-4-6-11-21/h4-14,17,27H,15-16,18H2,1-3H3,(H,26,29). The normalized spacial score (nSPS) is 11.4. The molecule has 0 heterocycles. The van der Waals surface area contributed by atoms with Crippen LogP contribution in [0, 0.1) is 13.8 Å². The molecule has 0 atom stereocenters. The third-order valence-corrected chi connectivity index (χ3v) is 6.59. The van der Waals surface area contributed by atoms with Crippen molar-refractivity contribution in [3.63, 3.8) is 0 Å². The molecule has 1 amide bonds. The number of nitrogens with zero attached hydrogens (tertiary/aromatic N) is 1. The van der Waals surface area contributed by atoms with Crippen molar-refractivity contribution in [2.45, 2.75) is 25.3 Å². The molecule has 0 spiro atoms. The lowest BCUT2D eigenvalue weighted by atomic mass is 10.1. The summed E-state index contributed by atoms with van der Waals surface area (Å²) >= 11 is 0. The van der Waals surface area contributed by atoms with Gasteiger partial charge in [-0.3, -0.25) is 9.52 Å². The van der Waals surface area contributed by atoms with E-state index in [1.54, 1.807) is 25.1 Å². The van der Waals surface area contributed by atoms with Crippen LogP contribution < -0.4 is 10.0 Å². The number of anilines is 1. The van der Waals surface area contributed by atoms with E-state index in [0.717, 1.165) is 17.7 Å². The molecule has 0 unspecified atom stereocenters. The zero-order chi connectivity index (χ0) is 23.1. The first kappa shape index (κ1) is 23.5. The van der Waals surface area contributed by atoms with E-state index in [9.17, 15) is 13.2 Å². The van der Waals surface area contributed by atoms with E-state index >= 15 is 0 Å². The molecule has 6 nitrogen and oxygen atoms in total. The molecular weight excluding hydrogens is 422 g/mol. The van der Waals surface area contributed by atoms with Gasteiger partial charge in [-0.25, -0.2) is 8.42 Å². The van der Waals surface area contributed by atoms with Crippen LogP contribution in [0.15, 0.2) is 77.7 Å². The number of likely N-dealkylation sites (N-methyl/N-ethyl adjacent to an activating group) is 1. The second-order valence-electron chi connectivity index (χ2n) is 7.88. The van der Waals surface area contributed by atoms with Crippen LogP contribution in [0.25, 0.3) is 0 Å². The van der Waals surface area contributed by atoms with E-state index in [1.807, 2.05) is 44.3 Å². The van der Waals surface area contributed by atoms with Crippen molar-refractivity contribution >= 4 is 21.6 Å². The number of nitrogens with one attached hydrogen (secondary N) is 2. The molecule has 0 fully saturated rings. The predicted octanol–water partition coefficient (Wildman–Crippen LogP) is 3.97. The maximum absolute atomic E-state index is 12.9. The quantitative estimate of drug-likeness (QED) is 0.516. The highest BCUT2D eigenvalue weighted by atomic mass is 32.2. The van der Waals surface area contributed by atoms with E-state index in [1.165, 1.54) is 17.7 Å². The maximum atomic E-state index is 12.9. The molecule has 7 heteroatoms. The number of carbonyl (C=O) groups is 1. The van der Waals surface area contributed by atoms with Crippen LogP contribution in [0.2, 0.25) is 0 Å². The first-order chi connectivity index (χ1) is 15.3. The van der Waals surface area contributed by atoms with Gasteiger partial charge in [0, 0.05) is 25.2 Å². The number of carbonyl (C=O) groups excluding carboxylic acids is 1. The van der Waals surface area contributed by atoms with Crippen molar-refractivity contribution in [3.05, 3.63) is 95.1 Å². The Morgan fingerprint density at radius 2 is 1.59 bits per heavy atom. The van der Waals surface area contributed by atoms with Crippen molar-refractivity contribution in [1.82, 2.24) is 10.2 Å². The summed E-state index contributed by atoms with van der Waals surface area (Å²) < 4.78 is 28.3. The van der Waals surface area contributed by atoms with Crippen LogP contribution in [-0.2, 0) is 16.6 Å². The summed E-state index contributed by atoms with van der Waals surface area (Å²) in [6.45, 7) is 5.54. The predicted molar refractivity (Wildman–Crippen MR) is 128 cm³/mol. The molecule has 0 aliphatic heterocycles. The summed E-state index contributed by atoms with van der Waals surface area (Å²) in [5.74, 6) is -0.288. The number of para-hydroxylation sites is 1. The van der Waals surface area contributed by atoms with Crippen LogP contribution in [0.3, 0.4) is 0 Å². The van der Waals surface area contributed by atoms with Crippen molar-refractivity contribution in [3.8, 4) is 0 Å². The summed E-state index contributed by atoms with van der Waals surface area (Å²) in [4.78, 5) is 14.9. The van der Waals surface area contributed by atoms with Gasteiger partial charge in [-0.1, -0.05) is 54.6 Å². The second kappa shape index (κ2) is 10.4. The van der Waals surface area contributed by atoms with Crippen molar-refractivity contribution in [2.75, 3.05) is 24.9 Å². The second-order valence-corrected chi connectivity index (χ2v) is 9.56. The maximum Gasteiger partial charge on any atom is 0.261 e. The summed E-state index contributed by atoms with van der Waals surface area (Å²) in [6, 6.07) is 21.9. The van der Waals surface area contributed by atoms with Crippen LogP contribution in [-0.4, -0.2) is 39.4 Å². The Hall–Kier alpha value is -3.16. The number of hydrogen-bond acceptors (Lipinski definition) is 4. The number of benzene rings is 3. The topological polar surface area (TPSA) is 78.5 Å². The Balaban J connectivity index is 1.64. The highest BCUT2D eigenvalue weighted by molar-refractivity contribution is 7.92. The third kappa shape index (κ3) is 6.18. The number of amides is 1. The molecule has 3 aromatic rings. The van der Waals surface area contributed by atoms with Gasteiger partial charge in [-0.15, -0.1) is 0 Å². The monoisotopic (exact) mass is 451 g/mol. The minimum atomic E-state index is -3.82. The molecule has 0 aliphatic rings. The fraction of sp³-hybridized carbons (Fsp3) is 0.240. The lowest BCUT2D eigenvalue weighted by molar-refractivity contribution is 0.0949. The number of aryl methyl sites for hydroxylation is 2. The molecule has 0 saturated heterocycles. The molecule has 0 radical (unpaired) electrons. The average molecular weight is 452 g/mol. The van der Waals surface area contributed by atoms with Gasteiger partial charge in [0.25, 0.3) is 15.9 Å². The molecule has 2 N–H and O–H groups in total. The van der Waals surface area contributed by atoms with E-state index in [2.05, 4.69) is 27.1 Å². The average Bonchev–Trinajstić information content (AvgIpc) is 2.76. The van der Waals surface area contributed by atoms with Crippen LogP contribution in [0.5, 0.6) is 0 Å². The summed E-state index contributed by atoms with van der Waals surface area (Å²) in [7, 11) is -1.82. The molecule has 0 aliphatic carbocycles. The smallest absolute Gasteiger partial charge is 0.261 e. The molecule has 32 heavy (non-hydrogen) atoms. The largest absolute Gasteiger partial charge is 0.351 e. The molecule has 0 bridgehead atoms. The Labute approximate surface area is 190 Å². The van der Waals surface area contributed by atoms with Crippen LogP contribution in [0.4, 0.5) is 5.69 Å². The minimum absolute atomic E-state index is 0.0534. The van der Waals surface area contributed by atoms with E-state index < -0.39 is 10.0 Å². The summed E-state index contributed by atoms with van der Waals surface area (Å²) in [5.41, 5.74) is 3.61. The molecule has 0 saturated carbocycles. The van der Waals surface area contributed by atoms with E-state index in [4.69, 9.17) is 0 Å². The summed E-state index contributed by atoms with van der Waals surface area (Å²) in [5, 5.41) is 2.90. The highest BCUT2D eigenvalue weighted by Crippen LogP contribution is 2.21. The van der Waals surface area contributed by atoms with Gasteiger partial charge in [-0.2, -0.15) is 0 Å². The molecule has 3 aromatic carbocycles. The van der Waals surface area contributed by atoms with E-state index in [-0.39, 0.29) is 10.8 Å². The highest BCUT2D eigenvalue weighted by Gasteiger charge is 2.19. The Kier molecular flexibility index (Phi) is 7.66. The van der Waals surface area contributed by atoms with E-state index in [0.29, 0.717) is 24.3 Å². The number of hydrogen-bond donors (Lipinski definition) is 2. The molecule has 0 aromatic heterocycles. The minimum Gasteiger partial charge on any atom is -0.351 e.